The molecule has 0 aromatic heterocycles. The van der Waals surface area contributed by atoms with Crippen molar-refractivity contribution in [1.29, 1.82) is 0 Å². The van der Waals surface area contributed by atoms with Gasteiger partial charge in [-0.1, -0.05) is 0 Å². The van der Waals surface area contributed by atoms with Gasteiger partial charge in [0.2, 0.25) is 10.3 Å². The van der Waals surface area contributed by atoms with Gasteiger partial charge in [-0.3, -0.25) is 11.1 Å². The van der Waals surface area contributed by atoms with Crippen LogP contribution in [-0.2, 0) is 10.3 Å². The van der Waals surface area contributed by atoms with Crippen LogP contribution in [0, 0.1) is 0 Å². The molecule has 0 aliphatic rings. The van der Waals surface area contributed by atoms with E-state index in [1.54, 1.807) is 0 Å². The van der Waals surface area contributed by atoms with Gasteiger partial charge in [-0.25, -0.2) is 0 Å². The zero-order chi connectivity index (χ0) is 5.86. The molecule has 0 unspecified atom stereocenters. The number of hydrogen-bond acceptors (Lipinski definition) is 2. The lowest BCUT2D eigenvalue weighted by Crippen LogP contribution is -2.28. The zero-order valence-electron chi connectivity index (χ0n) is 3.80. The van der Waals surface area contributed by atoms with Gasteiger partial charge in [0.25, 0.3) is 0 Å². The van der Waals surface area contributed by atoms with E-state index in [4.69, 9.17) is 5.73 Å². The lowest BCUT2D eigenvalue weighted by molar-refractivity contribution is 0.626. The minimum absolute atomic E-state index is 0.236. The summed E-state index contributed by atoms with van der Waals surface area (Å²) >= 11 is 0. The summed E-state index contributed by atoms with van der Waals surface area (Å²) in [4.78, 5) is 0. The largest absolute Gasteiger partial charge is 0.280 e. The van der Waals surface area contributed by atoms with E-state index in [1.165, 1.54) is 7.05 Å². The SMILES string of the molecule is CNC(N)=S(=O)=O. The van der Waals surface area contributed by atoms with Crippen molar-refractivity contribution in [2.45, 2.75) is 0 Å². The van der Waals surface area contributed by atoms with Gasteiger partial charge in [-0.15, -0.1) is 0 Å². The molecule has 4 nitrogen and oxygen atoms in total. The number of nitrogens with two attached hydrogens (primary N) is 1. The fourth-order valence-corrected chi connectivity index (χ4v) is 0.250. The molecule has 0 atom stereocenters. The van der Waals surface area contributed by atoms with Crippen molar-refractivity contribution >= 4 is 15.4 Å². The molecule has 42 valence electrons. The maximum Gasteiger partial charge on any atom is 0.243 e. The molecule has 0 aliphatic heterocycles. The van der Waals surface area contributed by atoms with Crippen LogP contribution in [0.1, 0.15) is 0 Å². The van der Waals surface area contributed by atoms with Crippen LogP contribution in [0.3, 0.4) is 0 Å². The monoisotopic (exact) mass is 122 g/mol. The van der Waals surface area contributed by atoms with Gasteiger partial charge in [0.1, 0.15) is 0 Å². The van der Waals surface area contributed by atoms with Crippen LogP contribution >= 0.6 is 0 Å². The third-order valence-corrected chi connectivity index (χ3v) is 0.989. The average Bonchev–Trinajstić information content (AvgIpc) is 1.65. The highest BCUT2D eigenvalue weighted by molar-refractivity contribution is 7.72. The van der Waals surface area contributed by atoms with E-state index < -0.39 is 10.3 Å². The van der Waals surface area contributed by atoms with E-state index in [2.05, 4.69) is 5.32 Å². The molecule has 0 aliphatic carbocycles. The Balaban J connectivity index is 4.33. The molecule has 0 rings (SSSR count). The molecule has 0 amide bonds. The Bertz CT molecular complexity index is 160. The predicted octanol–water partition coefficient (Wildman–Crippen LogP) is -1.87. The van der Waals surface area contributed by atoms with Crippen molar-refractivity contribution in [3.63, 3.8) is 0 Å². The van der Waals surface area contributed by atoms with Crippen LogP contribution in [0.5, 0.6) is 0 Å². The highest BCUT2D eigenvalue weighted by Gasteiger charge is 1.80. The van der Waals surface area contributed by atoms with Crippen LogP contribution in [0.25, 0.3) is 0 Å². The van der Waals surface area contributed by atoms with E-state index in [0.717, 1.165) is 0 Å². The second-order valence-corrected chi connectivity index (χ2v) is 1.76. The Hall–Kier alpha value is -0.390. The first kappa shape index (κ1) is 6.61. The zero-order valence-corrected chi connectivity index (χ0v) is 4.62. The third-order valence-electron chi connectivity index (χ3n) is 0.426. The molecule has 0 heterocycles. The molecule has 0 bridgehead atoms. The molecule has 7 heavy (non-hydrogen) atoms. The summed E-state index contributed by atoms with van der Waals surface area (Å²) in [6.07, 6.45) is 0. The molecule has 0 aromatic carbocycles. The molecule has 0 saturated carbocycles. The molecule has 3 N–H and O–H groups in total. The second-order valence-electron chi connectivity index (χ2n) is 0.849. The third kappa shape index (κ3) is 2.32. The summed E-state index contributed by atoms with van der Waals surface area (Å²) < 4.78 is 19.4. The van der Waals surface area contributed by atoms with Crippen LogP contribution < -0.4 is 11.1 Å². The van der Waals surface area contributed by atoms with Gasteiger partial charge in [-0.05, 0) is 7.05 Å². The van der Waals surface area contributed by atoms with Gasteiger partial charge < -0.3 is 0 Å². The average molecular weight is 122 g/mol. The Morgan fingerprint density at radius 1 is 1.71 bits per heavy atom. The summed E-state index contributed by atoms with van der Waals surface area (Å²) in [6.45, 7) is 0. The Morgan fingerprint density at radius 2 is 2.14 bits per heavy atom. The summed E-state index contributed by atoms with van der Waals surface area (Å²) in [5.74, 6) is 0. The van der Waals surface area contributed by atoms with Crippen molar-refractivity contribution in [1.82, 2.24) is 5.32 Å². The van der Waals surface area contributed by atoms with Gasteiger partial charge in [-0.2, -0.15) is 8.42 Å². The number of rotatable bonds is 0. The van der Waals surface area contributed by atoms with Crippen LogP contribution in [0.2, 0.25) is 0 Å². The molecule has 0 spiro atoms. The topological polar surface area (TPSA) is 72.2 Å². The molecule has 0 saturated heterocycles. The standard InChI is InChI=1S/C2H6N2O2S/c1-4-2(3)7(5)6/h4H,3H2,1H3. The number of nitrogens with one attached hydrogen (secondary N) is 1. The fraction of sp³-hybridized carbons (Fsp3) is 0.500. The summed E-state index contributed by atoms with van der Waals surface area (Å²) in [5.41, 5.74) is 4.81. The lowest BCUT2D eigenvalue weighted by atomic mass is 11.1. The minimum Gasteiger partial charge on any atom is -0.280 e. The Kier molecular flexibility index (Phi) is 2.58. The molecule has 5 heteroatoms. The highest BCUT2D eigenvalue weighted by atomic mass is 32.2. The predicted molar refractivity (Wildman–Crippen MR) is 27.2 cm³/mol. The van der Waals surface area contributed by atoms with Crippen molar-refractivity contribution in [2.24, 2.45) is 5.73 Å². The van der Waals surface area contributed by atoms with Crippen LogP contribution in [0.15, 0.2) is 0 Å². The highest BCUT2D eigenvalue weighted by Crippen LogP contribution is 1.41. The van der Waals surface area contributed by atoms with Crippen LogP contribution in [-0.4, -0.2) is 20.6 Å². The molecule has 0 aromatic rings. The molecular formula is C2H6N2O2S. The maximum absolute atomic E-state index is 9.71. The first-order chi connectivity index (χ1) is 3.18. The Labute approximate surface area is 42.9 Å². The summed E-state index contributed by atoms with van der Waals surface area (Å²) in [6, 6.07) is 0. The fourth-order valence-electron chi connectivity index (χ4n) is 0.0833. The Morgan fingerprint density at radius 3 is 2.14 bits per heavy atom. The number of hydrogen-bond donors (Lipinski definition) is 2. The first-order valence-electron chi connectivity index (χ1n) is 1.58. The van der Waals surface area contributed by atoms with E-state index in [1.807, 2.05) is 0 Å². The summed E-state index contributed by atoms with van der Waals surface area (Å²) in [5, 5.41) is 2.01. The maximum atomic E-state index is 9.71. The van der Waals surface area contributed by atoms with Gasteiger partial charge in [0, 0.05) is 0 Å². The quantitative estimate of drug-likeness (QED) is 0.369. The van der Waals surface area contributed by atoms with Gasteiger partial charge in [0.05, 0.1) is 0 Å². The van der Waals surface area contributed by atoms with Gasteiger partial charge in [0.15, 0.2) is 5.11 Å². The second kappa shape index (κ2) is 2.73. The molecule has 0 fully saturated rings. The van der Waals surface area contributed by atoms with Crippen LogP contribution in [0.4, 0.5) is 0 Å². The van der Waals surface area contributed by atoms with Crippen molar-refractivity contribution in [2.75, 3.05) is 7.05 Å². The van der Waals surface area contributed by atoms with Crippen molar-refractivity contribution in [3.8, 4) is 0 Å². The molecular weight excluding hydrogens is 116 g/mol. The van der Waals surface area contributed by atoms with Gasteiger partial charge >= 0.3 is 0 Å². The lowest BCUT2D eigenvalue weighted by Gasteiger charge is -1.82. The van der Waals surface area contributed by atoms with E-state index >= 15 is 0 Å². The summed E-state index contributed by atoms with van der Waals surface area (Å²) in [7, 11) is -0.841. The van der Waals surface area contributed by atoms with Crippen molar-refractivity contribution in [3.05, 3.63) is 0 Å². The smallest absolute Gasteiger partial charge is 0.243 e. The van der Waals surface area contributed by atoms with E-state index in [9.17, 15) is 8.42 Å². The molecule has 0 radical (unpaired) electrons. The first-order valence-corrected chi connectivity index (χ1v) is 2.65. The van der Waals surface area contributed by atoms with E-state index in [-0.39, 0.29) is 5.11 Å². The minimum atomic E-state index is -2.28. The normalized spacial score (nSPS) is 8.29. The van der Waals surface area contributed by atoms with Crippen molar-refractivity contribution < 1.29 is 8.42 Å². The van der Waals surface area contributed by atoms with E-state index in [0.29, 0.717) is 0 Å².